The number of rotatable bonds is 8. The van der Waals surface area contributed by atoms with Crippen molar-refractivity contribution in [2.75, 3.05) is 20.8 Å². The molecule has 34 heavy (non-hydrogen) atoms. The summed E-state index contributed by atoms with van der Waals surface area (Å²) in [4.78, 5) is 16.5. The lowest BCUT2D eigenvalue weighted by Crippen LogP contribution is -2.46. The lowest BCUT2D eigenvalue weighted by molar-refractivity contribution is -0.139. The van der Waals surface area contributed by atoms with Crippen LogP contribution in [0.15, 0.2) is 41.4 Å². The van der Waals surface area contributed by atoms with Crippen molar-refractivity contribution in [3.63, 3.8) is 0 Å². The molecule has 0 spiro atoms. The van der Waals surface area contributed by atoms with Crippen molar-refractivity contribution >= 4 is 29.1 Å². The number of amidine groups is 1. The minimum absolute atomic E-state index is 0.147. The Hall–Kier alpha value is -2.81. The van der Waals surface area contributed by atoms with Gasteiger partial charge in [-0.2, -0.15) is 0 Å². The number of benzene rings is 2. The summed E-state index contributed by atoms with van der Waals surface area (Å²) in [6.45, 7) is 7.13. The van der Waals surface area contributed by atoms with E-state index in [4.69, 9.17) is 30.8 Å². The van der Waals surface area contributed by atoms with Crippen molar-refractivity contribution in [1.82, 2.24) is 10.9 Å². The first-order valence-corrected chi connectivity index (χ1v) is 11.5. The van der Waals surface area contributed by atoms with Gasteiger partial charge in [0.1, 0.15) is 18.0 Å². The highest BCUT2D eigenvalue weighted by atomic mass is 35.5. The van der Waals surface area contributed by atoms with Gasteiger partial charge in [0, 0.05) is 22.7 Å². The van der Waals surface area contributed by atoms with E-state index in [2.05, 4.69) is 31.6 Å². The molecule has 0 fully saturated rings. The number of carboxylic acid groups (broad SMARTS) is 1. The third kappa shape index (κ3) is 6.40. The number of ether oxygens (including phenoxy) is 3. The number of halogens is 1. The average Bonchev–Trinajstić information content (AvgIpc) is 2.91. The zero-order valence-electron chi connectivity index (χ0n) is 20.1. The first-order chi connectivity index (χ1) is 16.1. The second-order valence-electron chi connectivity index (χ2n) is 9.25. The average molecular weight is 490 g/mol. The third-order valence-corrected chi connectivity index (χ3v) is 5.65. The molecule has 0 unspecified atom stereocenters. The van der Waals surface area contributed by atoms with Crippen molar-refractivity contribution in [1.29, 1.82) is 0 Å². The van der Waals surface area contributed by atoms with Crippen molar-refractivity contribution in [3.05, 3.63) is 52.5 Å². The molecule has 2 atom stereocenters. The minimum atomic E-state index is -1.01. The number of nitrogens with zero attached hydrogens (tertiary/aromatic N) is 1. The van der Waals surface area contributed by atoms with Crippen LogP contribution in [-0.4, -0.2) is 43.8 Å². The van der Waals surface area contributed by atoms with Gasteiger partial charge in [-0.3, -0.25) is 4.79 Å². The first-order valence-electron chi connectivity index (χ1n) is 11.1. The monoisotopic (exact) mass is 489 g/mol. The van der Waals surface area contributed by atoms with E-state index in [1.54, 1.807) is 38.5 Å². The van der Waals surface area contributed by atoms with Gasteiger partial charge in [-0.1, -0.05) is 44.5 Å². The van der Waals surface area contributed by atoms with Gasteiger partial charge >= 0.3 is 5.97 Å². The number of carbonyl (C=O) groups is 1. The highest BCUT2D eigenvalue weighted by Gasteiger charge is 2.33. The Bertz CT molecular complexity index is 1050. The van der Waals surface area contributed by atoms with Crippen molar-refractivity contribution in [2.45, 2.75) is 45.8 Å². The smallest absolute Gasteiger partial charge is 0.306 e. The summed E-state index contributed by atoms with van der Waals surface area (Å²) < 4.78 is 17.5. The van der Waals surface area contributed by atoms with Crippen LogP contribution < -0.4 is 20.3 Å². The van der Waals surface area contributed by atoms with E-state index in [1.807, 2.05) is 12.1 Å². The van der Waals surface area contributed by atoms with Gasteiger partial charge in [0.2, 0.25) is 0 Å². The molecule has 9 heteroatoms. The molecule has 0 aromatic heterocycles. The predicted molar refractivity (Wildman–Crippen MR) is 132 cm³/mol. The molecule has 0 radical (unpaired) electrons. The maximum Gasteiger partial charge on any atom is 0.306 e. The number of hydrazine groups is 1. The zero-order valence-corrected chi connectivity index (χ0v) is 20.9. The summed E-state index contributed by atoms with van der Waals surface area (Å²) in [6, 6.07) is 10.8. The summed E-state index contributed by atoms with van der Waals surface area (Å²) >= 11 is 6.34. The van der Waals surface area contributed by atoms with E-state index in [1.165, 1.54) is 0 Å². The molecule has 1 aliphatic heterocycles. The van der Waals surface area contributed by atoms with Crippen LogP contribution in [0.1, 0.15) is 50.8 Å². The van der Waals surface area contributed by atoms with E-state index < -0.39 is 18.2 Å². The Morgan fingerprint density at radius 3 is 2.59 bits per heavy atom. The Balaban J connectivity index is 2.04. The van der Waals surface area contributed by atoms with Crippen LogP contribution in [0.2, 0.25) is 5.02 Å². The number of aliphatic imine (C=N–C) groups is 1. The molecule has 1 aliphatic rings. The molecule has 1 heterocycles. The van der Waals surface area contributed by atoms with E-state index in [9.17, 15) is 9.90 Å². The van der Waals surface area contributed by atoms with E-state index in [0.717, 1.165) is 6.42 Å². The van der Waals surface area contributed by atoms with Crippen LogP contribution in [0.4, 0.5) is 5.69 Å². The molecule has 2 aromatic carbocycles. The third-order valence-electron chi connectivity index (χ3n) is 5.41. The largest absolute Gasteiger partial charge is 0.493 e. The SMILES string of the molecule is COc1cccc([C@H]2O[C@H](CC(=O)O)C(NNCCC(C)(C)C)=Nc3ccc(Cl)cc32)c1OC. The molecule has 0 saturated heterocycles. The maximum atomic E-state index is 11.7. The lowest BCUT2D eigenvalue weighted by atomic mass is 9.93. The fraction of sp³-hybridized carbons (Fsp3) is 0.440. The Labute approximate surface area is 205 Å². The van der Waals surface area contributed by atoms with Crippen LogP contribution in [-0.2, 0) is 9.53 Å². The highest BCUT2D eigenvalue weighted by Crippen LogP contribution is 2.44. The number of aliphatic carboxylic acids is 1. The van der Waals surface area contributed by atoms with Crippen molar-refractivity contribution in [2.24, 2.45) is 10.4 Å². The Morgan fingerprint density at radius 2 is 1.94 bits per heavy atom. The van der Waals surface area contributed by atoms with Gasteiger partial charge in [0.15, 0.2) is 11.5 Å². The number of carboxylic acids is 1. The van der Waals surface area contributed by atoms with Crippen LogP contribution in [0.5, 0.6) is 11.5 Å². The number of hydrogen-bond acceptors (Lipinski definition) is 7. The quantitative estimate of drug-likeness (QED) is 0.358. The number of nitrogens with one attached hydrogen (secondary N) is 2. The summed E-state index contributed by atoms with van der Waals surface area (Å²) in [6.07, 6.45) is -0.919. The zero-order chi connectivity index (χ0) is 24.9. The summed E-state index contributed by atoms with van der Waals surface area (Å²) in [5.74, 6) is 0.405. The molecule has 0 amide bonds. The van der Waals surface area contributed by atoms with Crippen LogP contribution in [0, 0.1) is 5.41 Å². The van der Waals surface area contributed by atoms with Gasteiger partial charge in [0.05, 0.1) is 26.3 Å². The molecule has 0 aliphatic carbocycles. The topological polar surface area (TPSA) is 101 Å². The second kappa shape index (κ2) is 11.1. The molecule has 0 bridgehead atoms. The standard InChI is InChI=1S/C25H32ClN3O5/c1-25(2,3)11-12-27-29-24-20(14-21(30)31)34-22(17-13-15(26)9-10-18(17)28-24)16-7-6-8-19(32-4)23(16)33-5/h6-10,13,20,22,27H,11-12,14H2,1-5H3,(H,28,29)(H,30,31)/t20-,22-/m1/s1. The van der Waals surface area contributed by atoms with E-state index in [0.29, 0.717) is 45.7 Å². The Kier molecular flexibility index (Phi) is 8.41. The van der Waals surface area contributed by atoms with Gasteiger partial charge in [0.25, 0.3) is 0 Å². The molecule has 0 saturated carbocycles. The van der Waals surface area contributed by atoms with Gasteiger partial charge in [-0.15, -0.1) is 0 Å². The summed E-state index contributed by atoms with van der Waals surface area (Å²) in [5.41, 5.74) is 8.39. The highest BCUT2D eigenvalue weighted by molar-refractivity contribution is 6.30. The number of para-hydroxylation sites is 1. The van der Waals surface area contributed by atoms with Crippen molar-refractivity contribution in [3.8, 4) is 11.5 Å². The number of fused-ring (bicyclic) bond motifs is 1. The fourth-order valence-electron chi connectivity index (χ4n) is 3.70. The lowest BCUT2D eigenvalue weighted by Gasteiger charge is -2.26. The van der Waals surface area contributed by atoms with Gasteiger partial charge in [-0.25, -0.2) is 10.4 Å². The molecule has 8 nitrogen and oxygen atoms in total. The molecule has 2 aromatic rings. The second-order valence-corrected chi connectivity index (χ2v) is 9.68. The normalized spacial score (nSPS) is 17.9. The predicted octanol–water partition coefficient (Wildman–Crippen LogP) is 4.88. The van der Waals surface area contributed by atoms with E-state index in [-0.39, 0.29) is 11.8 Å². The minimum Gasteiger partial charge on any atom is -0.493 e. The van der Waals surface area contributed by atoms with Crippen LogP contribution >= 0.6 is 11.6 Å². The van der Waals surface area contributed by atoms with Crippen LogP contribution in [0.25, 0.3) is 0 Å². The molecular formula is C25H32ClN3O5. The molecular weight excluding hydrogens is 458 g/mol. The van der Waals surface area contributed by atoms with Gasteiger partial charge < -0.3 is 24.7 Å². The first kappa shape index (κ1) is 25.8. The molecule has 184 valence electrons. The van der Waals surface area contributed by atoms with Crippen molar-refractivity contribution < 1.29 is 24.1 Å². The maximum absolute atomic E-state index is 11.7. The fourth-order valence-corrected chi connectivity index (χ4v) is 3.88. The Morgan fingerprint density at radius 1 is 1.18 bits per heavy atom. The summed E-state index contributed by atoms with van der Waals surface area (Å²) in [7, 11) is 3.11. The summed E-state index contributed by atoms with van der Waals surface area (Å²) in [5, 5.41) is 10.1. The van der Waals surface area contributed by atoms with E-state index >= 15 is 0 Å². The van der Waals surface area contributed by atoms with Gasteiger partial charge in [-0.05, 0) is 36.1 Å². The number of hydrogen-bond donors (Lipinski definition) is 3. The molecule has 3 N–H and O–H groups in total. The van der Waals surface area contributed by atoms with Crippen LogP contribution in [0.3, 0.4) is 0 Å². The molecule has 3 rings (SSSR count). The number of methoxy groups -OCH3 is 2.